The Balaban J connectivity index is 1.55. The fraction of sp³-hybridized carbons (Fsp3) is 0.300. The van der Waals surface area contributed by atoms with Crippen molar-refractivity contribution in [2.75, 3.05) is 13.1 Å². The van der Waals surface area contributed by atoms with Crippen molar-refractivity contribution in [3.8, 4) is 11.1 Å². The van der Waals surface area contributed by atoms with Gasteiger partial charge in [-0.2, -0.15) is 0 Å². The number of fused-ring (bicyclic) bond motifs is 1. The van der Waals surface area contributed by atoms with Crippen LogP contribution in [0.4, 0.5) is 4.79 Å². The molecular weight excluding hydrogens is 312 g/mol. The fourth-order valence-corrected chi connectivity index (χ4v) is 3.54. The van der Waals surface area contributed by atoms with Gasteiger partial charge in [0.05, 0.1) is 0 Å². The molecule has 0 saturated carbocycles. The maximum atomic E-state index is 11.4. The molecule has 1 amide bonds. The van der Waals surface area contributed by atoms with Crippen LogP contribution in [0.15, 0.2) is 48.8 Å². The summed E-state index contributed by atoms with van der Waals surface area (Å²) in [6.07, 6.45) is 7.44. The number of nitrogens with two attached hydrogens (primary N) is 1. The Morgan fingerprint density at radius 3 is 2.52 bits per heavy atom. The number of pyridine rings is 1. The molecule has 0 atom stereocenters. The summed E-state index contributed by atoms with van der Waals surface area (Å²) in [6.45, 7) is 3.44. The molecule has 128 valence electrons. The molecule has 1 aromatic carbocycles. The predicted molar refractivity (Wildman–Crippen MR) is 99.3 cm³/mol. The third kappa shape index (κ3) is 3.28. The first-order chi connectivity index (χ1) is 12.2. The molecule has 5 nitrogen and oxygen atoms in total. The Labute approximate surface area is 147 Å². The van der Waals surface area contributed by atoms with Crippen LogP contribution >= 0.6 is 0 Å². The van der Waals surface area contributed by atoms with Crippen LogP contribution in [-0.2, 0) is 6.54 Å². The summed E-state index contributed by atoms with van der Waals surface area (Å²) >= 11 is 0. The molecule has 1 fully saturated rings. The molecule has 0 bridgehead atoms. The van der Waals surface area contributed by atoms with E-state index in [1.165, 1.54) is 42.5 Å². The number of carbonyl (C=O) groups excluding carboxylic acids is 1. The molecule has 1 saturated heterocycles. The van der Waals surface area contributed by atoms with Crippen LogP contribution in [0.3, 0.4) is 0 Å². The molecule has 0 unspecified atom stereocenters. The van der Waals surface area contributed by atoms with Crippen LogP contribution in [0, 0.1) is 0 Å². The average molecular weight is 334 g/mol. The Kier molecular flexibility index (Phi) is 4.24. The second kappa shape index (κ2) is 6.69. The van der Waals surface area contributed by atoms with E-state index in [1.807, 2.05) is 12.1 Å². The van der Waals surface area contributed by atoms with E-state index in [2.05, 4.69) is 34.1 Å². The average Bonchev–Trinajstić information content (AvgIpc) is 3.07. The number of likely N-dealkylation sites (tertiary alicyclic amines) is 1. The second-order valence-electron chi connectivity index (χ2n) is 6.69. The Bertz CT molecular complexity index is 892. The van der Waals surface area contributed by atoms with Gasteiger partial charge in [0, 0.05) is 29.9 Å². The van der Waals surface area contributed by atoms with E-state index in [9.17, 15) is 4.79 Å². The SMILES string of the molecule is NC(=O)n1ccc2cc(-c3ccc(CN4CCCCC4)cc3)cnc21. The molecule has 5 heteroatoms. The smallest absolute Gasteiger partial charge is 0.324 e. The minimum atomic E-state index is -0.516. The second-order valence-corrected chi connectivity index (χ2v) is 6.69. The topological polar surface area (TPSA) is 64.2 Å². The minimum absolute atomic E-state index is 0.516. The van der Waals surface area contributed by atoms with Crippen LogP contribution in [0.1, 0.15) is 24.8 Å². The highest BCUT2D eigenvalue weighted by Gasteiger charge is 2.11. The first kappa shape index (κ1) is 15.8. The summed E-state index contributed by atoms with van der Waals surface area (Å²) in [5.41, 5.74) is 9.46. The van der Waals surface area contributed by atoms with Crippen molar-refractivity contribution in [1.82, 2.24) is 14.5 Å². The monoisotopic (exact) mass is 334 g/mol. The molecule has 1 aliphatic rings. The van der Waals surface area contributed by atoms with Crippen molar-refractivity contribution in [1.29, 1.82) is 0 Å². The van der Waals surface area contributed by atoms with Gasteiger partial charge in [-0.15, -0.1) is 0 Å². The minimum Gasteiger partial charge on any atom is -0.351 e. The zero-order valence-electron chi connectivity index (χ0n) is 14.2. The molecule has 0 spiro atoms. The van der Waals surface area contributed by atoms with Crippen molar-refractivity contribution < 1.29 is 4.79 Å². The quantitative estimate of drug-likeness (QED) is 0.796. The van der Waals surface area contributed by atoms with Crippen molar-refractivity contribution in [3.63, 3.8) is 0 Å². The molecule has 0 aliphatic carbocycles. The van der Waals surface area contributed by atoms with Crippen molar-refractivity contribution in [2.24, 2.45) is 5.73 Å². The zero-order chi connectivity index (χ0) is 17.2. The number of piperidine rings is 1. The molecule has 2 aromatic heterocycles. The number of hydrogen-bond donors (Lipinski definition) is 1. The number of carbonyl (C=O) groups is 1. The molecule has 0 radical (unpaired) electrons. The maximum absolute atomic E-state index is 11.4. The van der Waals surface area contributed by atoms with Crippen molar-refractivity contribution in [2.45, 2.75) is 25.8 Å². The van der Waals surface area contributed by atoms with Gasteiger partial charge in [-0.25, -0.2) is 9.78 Å². The lowest BCUT2D eigenvalue weighted by Gasteiger charge is -2.26. The molecule has 4 rings (SSSR count). The van der Waals surface area contributed by atoms with E-state index < -0.39 is 6.03 Å². The van der Waals surface area contributed by atoms with Crippen molar-refractivity contribution in [3.05, 3.63) is 54.4 Å². The molecule has 3 aromatic rings. The number of benzene rings is 1. The Morgan fingerprint density at radius 2 is 1.80 bits per heavy atom. The lowest BCUT2D eigenvalue weighted by Crippen LogP contribution is -2.28. The molecule has 2 N–H and O–H groups in total. The predicted octanol–water partition coefficient (Wildman–Crippen LogP) is 3.62. The van der Waals surface area contributed by atoms with E-state index in [1.54, 1.807) is 12.4 Å². The normalized spacial score (nSPS) is 15.5. The van der Waals surface area contributed by atoms with Gasteiger partial charge in [-0.3, -0.25) is 9.47 Å². The van der Waals surface area contributed by atoms with Crippen LogP contribution in [0.25, 0.3) is 22.2 Å². The summed E-state index contributed by atoms with van der Waals surface area (Å²) in [7, 11) is 0. The van der Waals surface area contributed by atoms with E-state index >= 15 is 0 Å². The first-order valence-electron chi connectivity index (χ1n) is 8.79. The van der Waals surface area contributed by atoms with E-state index in [0.29, 0.717) is 5.65 Å². The van der Waals surface area contributed by atoms with E-state index in [0.717, 1.165) is 23.1 Å². The highest BCUT2D eigenvalue weighted by molar-refractivity contribution is 5.90. The lowest BCUT2D eigenvalue weighted by molar-refractivity contribution is 0.221. The van der Waals surface area contributed by atoms with Crippen LogP contribution in [0.5, 0.6) is 0 Å². The van der Waals surface area contributed by atoms with Gasteiger partial charge < -0.3 is 5.73 Å². The summed E-state index contributed by atoms with van der Waals surface area (Å²) in [5.74, 6) is 0. The third-order valence-corrected chi connectivity index (χ3v) is 4.91. The van der Waals surface area contributed by atoms with Crippen LogP contribution in [0.2, 0.25) is 0 Å². The van der Waals surface area contributed by atoms with E-state index in [4.69, 9.17) is 5.73 Å². The number of primary amides is 1. The van der Waals surface area contributed by atoms with Gasteiger partial charge in [0.1, 0.15) is 5.65 Å². The van der Waals surface area contributed by atoms with Gasteiger partial charge in [0.15, 0.2) is 0 Å². The molecule has 25 heavy (non-hydrogen) atoms. The highest BCUT2D eigenvalue weighted by Crippen LogP contribution is 2.24. The number of hydrogen-bond acceptors (Lipinski definition) is 3. The van der Waals surface area contributed by atoms with E-state index in [-0.39, 0.29) is 0 Å². The Morgan fingerprint density at radius 1 is 1.04 bits per heavy atom. The third-order valence-electron chi connectivity index (χ3n) is 4.91. The summed E-state index contributed by atoms with van der Waals surface area (Å²) < 4.78 is 1.36. The fourth-order valence-electron chi connectivity index (χ4n) is 3.54. The summed E-state index contributed by atoms with van der Waals surface area (Å²) in [6, 6.07) is 12.1. The summed E-state index contributed by atoms with van der Waals surface area (Å²) in [5, 5.41) is 0.911. The van der Waals surface area contributed by atoms with Gasteiger partial charge in [0.25, 0.3) is 0 Å². The van der Waals surface area contributed by atoms with Gasteiger partial charge in [-0.05, 0) is 49.2 Å². The molecular formula is C20H22N4O. The van der Waals surface area contributed by atoms with Gasteiger partial charge in [-0.1, -0.05) is 30.7 Å². The first-order valence-corrected chi connectivity index (χ1v) is 8.79. The van der Waals surface area contributed by atoms with Crippen LogP contribution < -0.4 is 5.73 Å². The molecule has 1 aliphatic heterocycles. The highest BCUT2D eigenvalue weighted by atomic mass is 16.2. The largest absolute Gasteiger partial charge is 0.351 e. The zero-order valence-corrected chi connectivity index (χ0v) is 14.2. The standard InChI is InChI=1S/C20H22N4O/c21-20(25)24-11-8-17-12-18(13-22-19(17)24)16-6-4-15(5-7-16)14-23-9-2-1-3-10-23/h4-8,11-13H,1-3,9-10,14H2,(H2,21,25). The Hall–Kier alpha value is -2.66. The van der Waals surface area contributed by atoms with Crippen LogP contribution in [-0.4, -0.2) is 33.6 Å². The van der Waals surface area contributed by atoms with Gasteiger partial charge in [0.2, 0.25) is 0 Å². The van der Waals surface area contributed by atoms with Gasteiger partial charge >= 0.3 is 6.03 Å². The number of aromatic nitrogens is 2. The number of amides is 1. The number of rotatable bonds is 3. The lowest BCUT2D eigenvalue weighted by atomic mass is 10.0. The summed E-state index contributed by atoms with van der Waals surface area (Å²) in [4.78, 5) is 18.3. The molecule has 3 heterocycles. The maximum Gasteiger partial charge on any atom is 0.324 e. The van der Waals surface area contributed by atoms with Crippen molar-refractivity contribution >= 4 is 17.1 Å². The number of nitrogens with zero attached hydrogens (tertiary/aromatic N) is 3.